The van der Waals surface area contributed by atoms with Gasteiger partial charge in [0.15, 0.2) is 5.13 Å². The van der Waals surface area contributed by atoms with Gasteiger partial charge in [0.1, 0.15) is 0 Å². The van der Waals surface area contributed by atoms with E-state index in [-0.39, 0.29) is 30.2 Å². The van der Waals surface area contributed by atoms with Gasteiger partial charge in [0.05, 0.1) is 11.6 Å². The number of fused-ring (bicyclic) bond motifs is 1. The van der Waals surface area contributed by atoms with Gasteiger partial charge in [0, 0.05) is 37.0 Å². The molecule has 2 aliphatic heterocycles. The number of amides is 2. The van der Waals surface area contributed by atoms with Crippen LogP contribution in [-0.2, 0) is 22.4 Å². The number of anilines is 1. The summed E-state index contributed by atoms with van der Waals surface area (Å²) in [6, 6.07) is 0.243. The summed E-state index contributed by atoms with van der Waals surface area (Å²) in [4.78, 5) is 34.1. The molecule has 3 aliphatic rings. The molecule has 1 aliphatic carbocycles. The summed E-state index contributed by atoms with van der Waals surface area (Å²) < 4.78 is 0. The molecule has 1 aromatic heterocycles. The molecule has 2 N–H and O–H groups in total. The van der Waals surface area contributed by atoms with Crippen molar-refractivity contribution in [3.05, 3.63) is 10.6 Å². The number of hydrogen-bond acceptors (Lipinski definition) is 5. The zero-order chi connectivity index (χ0) is 16.7. The summed E-state index contributed by atoms with van der Waals surface area (Å²) in [5, 5.41) is 1.16. The highest BCUT2D eigenvalue weighted by Crippen LogP contribution is 2.34. The fraction of sp³-hybridized carbons (Fsp3) is 0.706. The van der Waals surface area contributed by atoms with Gasteiger partial charge in [-0.3, -0.25) is 9.59 Å². The molecule has 2 saturated heterocycles. The number of rotatable bonds is 3. The molecule has 1 atom stereocenters. The molecule has 24 heavy (non-hydrogen) atoms. The Bertz CT molecular complexity index is 628. The van der Waals surface area contributed by atoms with Crippen LogP contribution in [-0.4, -0.2) is 47.4 Å². The van der Waals surface area contributed by atoms with Gasteiger partial charge in [-0.1, -0.05) is 0 Å². The van der Waals surface area contributed by atoms with E-state index in [0.29, 0.717) is 6.54 Å². The van der Waals surface area contributed by atoms with Crippen molar-refractivity contribution in [2.45, 2.75) is 51.0 Å². The number of nitrogens with two attached hydrogens (primary N) is 1. The molecule has 1 unspecified atom stereocenters. The number of carbonyl (C=O) groups excluding carboxylic acids is 2. The first-order valence-electron chi connectivity index (χ1n) is 8.94. The third-order valence-corrected chi connectivity index (χ3v) is 6.79. The minimum Gasteiger partial charge on any atom is -0.369 e. The van der Waals surface area contributed by atoms with Crippen LogP contribution >= 0.6 is 11.3 Å². The number of aromatic nitrogens is 1. The predicted octanol–water partition coefficient (Wildman–Crippen LogP) is 1.32. The van der Waals surface area contributed by atoms with Gasteiger partial charge in [-0.05, 0) is 38.5 Å². The minimum absolute atomic E-state index is 0.0852. The van der Waals surface area contributed by atoms with Crippen LogP contribution in [0.1, 0.15) is 42.7 Å². The largest absolute Gasteiger partial charge is 0.369 e. The standard InChI is InChI=1S/C17H24N4O2S/c18-16(23)11-9-15(22)21(10-11)12-5-7-20(8-6-12)17-19-13-3-1-2-4-14(13)24-17/h11-12H,1-10H2,(H2,18,23). The van der Waals surface area contributed by atoms with Gasteiger partial charge in [-0.2, -0.15) is 0 Å². The van der Waals surface area contributed by atoms with Crippen LogP contribution in [0.3, 0.4) is 0 Å². The summed E-state index contributed by atoms with van der Waals surface area (Å²) in [6.45, 7) is 2.37. The molecule has 0 bridgehead atoms. The molecule has 3 heterocycles. The Morgan fingerprint density at radius 1 is 1.21 bits per heavy atom. The maximum atomic E-state index is 12.2. The smallest absolute Gasteiger partial charge is 0.223 e. The third-order valence-electron chi connectivity index (χ3n) is 5.57. The second-order valence-corrected chi connectivity index (χ2v) is 8.20. The zero-order valence-corrected chi connectivity index (χ0v) is 14.7. The first-order chi connectivity index (χ1) is 11.6. The van der Waals surface area contributed by atoms with Gasteiger partial charge < -0.3 is 15.5 Å². The lowest BCUT2D eigenvalue weighted by Gasteiger charge is -2.36. The number of carbonyl (C=O) groups is 2. The summed E-state index contributed by atoms with van der Waals surface area (Å²) in [7, 11) is 0. The second-order valence-electron chi connectivity index (χ2n) is 7.14. The number of piperidine rings is 1. The normalized spacial score (nSPS) is 25.2. The van der Waals surface area contributed by atoms with Gasteiger partial charge in [0.2, 0.25) is 11.8 Å². The summed E-state index contributed by atoms with van der Waals surface area (Å²) in [5.41, 5.74) is 6.67. The predicted molar refractivity (Wildman–Crippen MR) is 93.0 cm³/mol. The molecule has 2 amide bonds. The average Bonchev–Trinajstić information content (AvgIpc) is 3.18. The first-order valence-corrected chi connectivity index (χ1v) is 9.76. The highest BCUT2D eigenvalue weighted by Gasteiger charge is 2.38. The first kappa shape index (κ1) is 15.9. The third kappa shape index (κ3) is 2.90. The zero-order valence-electron chi connectivity index (χ0n) is 13.9. The summed E-state index contributed by atoms with van der Waals surface area (Å²) in [6.07, 6.45) is 7.03. The molecular formula is C17H24N4O2S. The molecular weight excluding hydrogens is 324 g/mol. The fourth-order valence-corrected chi connectivity index (χ4v) is 5.32. The molecule has 0 saturated carbocycles. The van der Waals surface area contributed by atoms with Gasteiger partial charge in [-0.15, -0.1) is 11.3 Å². The van der Waals surface area contributed by atoms with Crippen LogP contribution in [0.5, 0.6) is 0 Å². The lowest BCUT2D eigenvalue weighted by Crippen LogP contribution is -2.46. The van der Waals surface area contributed by atoms with E-state index < -0.39 is 0 Å². The molecule has 7 heteroatoms. The van der Waals surface area contributed by atoms with E-state index in [0.717, 1.165) is 37.5 Å². The van der Waals surface area contributed by atoms with E-state index in [1.54, 1.807) is 0 Å². The monoisotopic (exact) mass is 348 g/mol. The van der Waals surface area contributed by atoms with Crippen molar-refractivity contribution < 1.29 is 9.59 Å². The Morgan fingerprint density at radius 3 is 2.62 bits per heavy atom. The summed E-state index contributed by atoms with van der Waals surface area (Å²) in [5.74, 6) is -0.570. The van der Waals surface area contributed by atoms with Crippen molar-refractivity contribution in [2.75, 3.05) is 24.5 Å². The van der Waals surface area contributed by atoms with Gasteiger partial charge >= 0.3 is 0 Å². The molecule has 0 aromatic carbocycles. The Kier molecular flexibility index (Phi) is 4.20. The van der Waals surface area contributed by atoms with E-state index in [2.05, 4.69) is 4.90 Å². The molecule has 4 rings (SSSR count). The second kappa shape index (κ2) is 6.35. The molecule has 0 spiro atoms. The van der Waals surface area contributed by atoms with E-state index in [1.807, 2.05) is 16.2 Å². The SMILES string of the molecule is NC(=O)C1CC(=O)N(C2CCN(c3nc4c(s3)CCCC4)CC2)C1. The lowest BCUT2D eigenvalue weighted by atomic mass is 10.0. The van der Waals surface area contributed by atoms with E-state index in [1.165, 1.54) is 29.8 Å². The number of aryl methyl sites for hydroxylation is 2. The van der Waals surface area contributed by atoms with Crippen LogP contribution in [0.15, 0.2) is 0 Å². The van der Waals surface area contributed by atoms with Crippen LogP contribution < -0.4 is 10.6 Å². The number of nitrogens with zero attached hydrogens (tertiary/aromatic N) is 3. The molecule has 0 radical (unpaired) electrons. The lowest BCUT2D eigenvalue weighted by molar-refractivity contribution is -0.130. The molecule has 1 aromatic rings. The topological polar surface area (TPSA) is 79.5 Å². The van der Waals surface area contributed by atoms with Crippen LogP contribution in [0.4, 0.5) is 5.13 Å². The summed E-state index contributed by atoms with van der Waals surface area (Å²) >= 11 is 1.85. The number of likely N-dealkylation sites (tertiary alicyclic amines) is 1. The van der Waals surface area contributed by atoms with E-state index >= 15 is 0 Å². The Balaban J connectivity index is 1.37. The maximum absolute atomic E-state index is 12.2. The number of primary amides is 1. The number of thiazole rings is 1. The molecule has 2 fully saturated rings. The van der Waals surface area contributed by atoms with Crippen LogP contribution in [0, 0.1) is 5.92 Å². The maximum Gasteiger partial charge on any atom is 0.223 e. The highest BCUT2D eigenvalue weighted by molar-refractivity contribution is 7.15. The van der Waals surface area contributed by atoms with E-state index in [9.17, 15) is 9.59 Å². The highest BCUT2D eigenvalue weighted by atomic mass is 32.1. The fourth-order valence-electron chi connectivity index (χ4n) is 4.12. The Hall–Kier alpha value is -1.63. The van der Waals surface area contributed by atoms with Crippen molar-refractivity contribution in [3.8, 4) is 0 Å². The molecule has 130 valence electrons. The van der Waals surface area contributed by atoms with Crippen molar-refractivity contribution in [1.29, 1.82) is 0 Å². The van der Waals surface area contributed by atoms with Crippen molar-refractivity contribution in [1.82, 2.24) is 9.88 Å². The van der Waals surface area contributed by atoms with Crippen molar-refractivity contribution in [3.63, 3.8) is 0 Å². The van der Waals surface area contributed by atoms with E-state index in [4.69, 9.17) is 10.7 Å². The Labute approximate surface area is 146 Å². The van der Waals surface area contributed by atoms with Crippen molar-refractivity contribution in [2.24, 2.45) is 11.7 Å². The van der Waals surface area contributed by atoms with Gasteiger partial charge in [-0.25, -0.2) is 4.98 Å². The average molecular weight is 348 g/mol. The quantitative estimate of drug-likeness (QED) is 0.893. The molecule has 6 nitrogen and oxygen atoms in total. The van der Waals surface area contributed by atoms with Gasteiger partial charge in [0.25, 0.3) is 0 Å². The van der Waals surface area contributed by atoms with Crippen molar-refractivity contribution >= 4 is 28.3 Å². The minimum atomic E-state index is -0.350. The number of hydrogen-bond donors (Lipinski definition) is 1. The van der Waals surface area contributed by atoms with Crippen LogP contribution in [0.25, 0.3) is 0 Å². The Morgan fingerprint density at radius 2 is 1.96 bits per heavy atom. The van der Waals surface area contributed by atoms with Crippen LogP contribution in [0.2, 0.25) is 0 Å².